The van der Waals surface area contributed by atoms with Gasteiger partial charge in [0.2, 0.25) is 5.82 Å². The summed E-state index contributed by atoms with van der Waals surface area (Å²) < 4.78 is 20.1. The predicted molar refractivity (Wildman–Crippen MR) is 112 cm³/mol. The first-order chi connectivity index (χ1) is 15.7. The number of aliphatic hydroxyl groups excluding tert-OH is 1. The molecule has 1 unspecified atom stereocenters. The van der Waals surface area contributed by atoms with Crippen LogP contribution in [0.5, 0.6) is 0 Å². The third-order valence-corrected chi connectivity index (χ3v) is 5.54. The summed E-state index contributed by atoms with van der Waals surface area (Å²) in [4.78, 5) is 51.5. The van der Waals surface area contributed by atoms with Crippen molar-refractivity contribution in [2.75, 3.05) is 0 Å². The number of benzene rings is 2. The highest BCUT2D eigenvalue weighted by Gasteiger charge is 2.57. The van der Waals surface area contributed by atoms with Crippen molar-refractivity contribution in [3.63, 3.8) is 0 Å². The van der Waals surface area contributed by atoms with Crippen LogP contribution in [0.4, 0.5) is 4.39 Å². The van der Waals surface area contributed by atoms with Crippen molar-refractivity contribution in [1.29, 1.82) is 0 Å². The molecular formula is C23H19FN2O7. The molecule has 10 heteroatoms. The number of nitrogens with one attached hydrogen (secondary N) is 1. The van der Waals surface area contributed by atoms with Gasteiger partial charge < -0.3 is 14.9 Å². The first-order valence-electron chi connectivity index (χ1n) is 9.98. The second kappa shape index (κ2) is 8.66. The van der Waals surface area contributed by atoms with Gasteiger partial charge in [-0.1, -0.05) is 60.7 Å². The molecular weight excluding hydrogens is 435 g/mol. The number of hydrogen-bond acceptors (Lipinski definition) is 7. The number of carbonyl (C=O) groups excluding carboxylic acids is 2. The highest BCUT2D eigenvalue weighted by molar-refractivity contribution is 6.05. The molecule has 9 nitrogen and oxygen atoms in total. The van der Waals surface area contributed by atoms with Crippen LogP contribution in [0.25, 0.3) is 0 Å². The number of hydrogen-bond donors (Lipinski definition) is 3. The van der Waals surface area contributed by atoms with Crippen LogP contribution in [-0.2, 0) is 4.74 Å². The van der Waals surface area contributed by atoms with Crippen LogP contribution in [0.1, 0.15) is 33.4 Å². The Hall–Kier alpha value is -3.73. The van der Waals surface area contributed by atoms with E-state index >= 15 is 0 Å². The maximum atomic E-state index is 13.8. The molecule has 3 N–H and O–H groups in total. The van der Waals surface area contributed by atoms with E-state index < -0.39 is 59.1 Å². The number of ether oxygens (including phenoxy) is 1. The fourth-order valence-corrected chi connectivity index (χ4v) is 3.86. The molecule has 1 aliphatic heterocycles. The zero-order valence-corrected chi connectivity index (χ0v) is 17.1. The summed E-state index contributed by atoms with van der Waals surface area (Å²) in [5, 5.41) is 22.2. The molecule has 3 aromatic rings. The van der Waals surface area contributed by atoms with Gasteiger partial charge in [0.25, 0.3) is 5.56 Å². The van der Waals surface area contributed by atoms with E-state index in [-0.39, 0.29) is 11.1 Å². The monoisotopic (exact) mass is 454 g/mol. The summed E-state index contributed by atoms with van der Waals surface area (Å²) in [5.74, 6) is -2.96. The van der Waals surface area contributed by atoms with Crippen LogP contribution in [0.15, 0.2) is 76.4 Å². The van der Waals surface area contributed by atoms with Gasteiger partial charge in [0, 0.05) is 17.5 Å². The second-order valence-corrected chi connectivity index (χ2v) is 7.65. The molecule has 4 rings (SSSR count). The maximum Gasteiger partial charge on any atom is 0.330 e. The SMILES string of the molecule is O=C(c1ccccc1)C(O)[C@H]1O[C@@H](n2cc(F)c(=O)[nH]c2=O)C[C@@]1(O)C(=O)c1ccccc1. The lowest BCUT2D eigenvalue weighted by molar-refractivity contribution is -0.0917. The van der Waals surface area contributed by atoms with Crippen LogP contribution >= 0.6 is 0 Å². The molecule has 0 radical (unpaired) electrons. The second-order valence-electron chi connectivity index (χ2n) is 7.65. The van der Waals surface area contributed by atoms with Crippen molar-refractivity contribution in [2.24, 2.45) is 0 Å². The van der Waals surface area contributed by atoms with E-state index in [0.29, 0.717) is 10.8 Å². The maximum absolute atomic E-state index is 13.8. The molecule has 33 heavy (non-hydrogen) atoms. The quantitative estimate of drug-likeness (QED) is 0.469. The van der Waals surface area contributed by atoms with E-state index in [1.54, 1.807) is 41.4 Å². The minimum Gasteiger partial charge on any atom is -0.382 e. The Bertz CT molecular complexity index is 1310. The number of halogens is 1. The highest BCUT2D eigenvalue weighted by atomic mass is 19.1. The Morgan fingerprint density at radius 2 is 1.64 bits per heavy atom. The summed E-state index contributed by atoms with van der Waals surface area (Å²) in [6, 6.07) is 15.3. The van der Waals surface area contributed by atoms with E-state index in [2.05, 4.69) is 0 Å². The molecule has 2 heterocycles. The number of aliphatic hydroxyl groups is 2. The van der Waals surface area contributed by atoms with Gasteiger partial charge in [-0.05, 0) is 0 Å². The van der Waals surface area contributed by atoms with Crippen LogP contribution in [0.3, 0.4) is 0 Å². The topological polar surface area (TPSA) is 139 Å². The summed E-state index contributed by atoms with van der Waals surface area (Å²) in [5.41, 5.74) is -4.55. The Labute approximate surface area is 185 Å². The van der Waals surface area contributed by atoms with Crippen molar-refractivity contribution in [1.82, 2.24) is 9.55 Å². The summed E-state index contributed by atoms with van der Waals surface area (Å²) in [6.07, 6.45) is -5.24. The Morgan fingerprint density at radius 1 is 1.06 bits per heavy atom. The lowest BCUT2D eigenvalue weighted by Crippen LogP contribution is -2.53. The average molecular weight is 454 g/mol. The number of Topliss-reactive ketones (excluding diaryl/α,β-unsaturated/α-hetero) is 2. The lowest BCUT2D eigenvalue weighted by atomic mass is 9.82. The molecule has 170 valence electrons. The molecule has 0 bridgehead atoms. The van der Waals surface area contributed by atoms with Gasteiger partial charge in [-0.3, -0.25) is 23.9 Å². The molecule has 0 aliphatic carbocycles. The largest absolute Gasteiger partial charge is 0.382 e. The van der Waals surface area contributed by atoms with Crippen LogP contribution in [0.2, 0.25) is 0 Å². The number of aromatic nitrogens is 2. The Kier molecular flexibility index (Phi) is 5.90. The minimum atomic E-state index is -2.44. The summed E-state index contributed by atoms with van der Waals surface area (Å²) >= 11 is 0. The third-order valence-electron chi connectivity index (χ3n) is 5.54. The zero-order chi connectivity index (χ0) is 23.8. The van der Waals surface area contributed by atoms with Gasteiger partial charge in [0.1, 0.15) is 18.4 Å². The molecule has 0 saturated carbocycles. The number of aromatic amines is 1. The molecule has 1 fully saturated rings. The smallest absolute Gasteiger partial charge is 0.330 e. The molecule has 0 spiro atoms. The van der Waals surface area contributed by atoms with Crippen LogP contribution < -0.4 is 11.2 Å². The van der Waals surface area contributed by atoms with Gasteiger partial charge in [-0.2, -0.15) is 4.39 Å². The summed E-state index contributed by atoms with van der Waals surface area (Å²) in [6.45, 7) is 0. The van der Waals surface area contributed by atoms with E-state index in [0.717, 1.165) is 0 Å². The first-order valence-corrected chi connectivity index (χ1v) is 9.98. The molecule has 1 aliphatic rings. The van der Waals surface area contributed by atoms with Crippen molar-refractivity contribution in [2.45, 2.75) is 30.5 Å². The first kappa shape index (κ1) is 22.5. The van der Waals surface area contributed by atoms with Gasteiger partial charge in [0.15, 0.2) is 17.2 Å². The number of ketones is 2. The van der Waals surface area contributed by atoms with Gasteiger partial charge >= 0.3 is 5.69 Å². The molecule has 2 aromatic carbocycles. The molecule has 4 atom stereocenters. The predicted octanol–water partition coefficient (Wildman–Crippen LogP) is 0.821. The highest BCUT2D eigenvalue weighted by Crippen LogP contribution is 2.40. The number of carbonyl (C=O) groups is 2. The fraction of sp³-hybridized carbons (Fsp3) is 0.217. The Morgan fingerprint density at radius 3 is 2.24 bits per heavy atom. The van der Waals surface area contributed by atoms with E-state index in [1.165, 1.54) is 24.3 Å². The van der Waals surface area contributed by atoms with Gasteiger partial charge in [0.05, 0.1) is 6.20 Å². The van der Waals surface area contributed by atoms with Gasteiger partial charge in [-0.25, -0.2) is 4.79 Å². The molecule has 1 aromatic heterocycles. The van der Waals surface area contributed by atoms with Crippen LogP contribution in [0, 0.1) is 5.82 Å². The number of rotatable bonds is 6. The van der Waals surface area contributed by atoms with Crippen molar-refractivity contribution >= 4 is 11.6 Å². The van der Waals surface area contributed by atoms with Crippen molar-refractivity contribution in [3.8, 4) is 0 Å². The van der Waals surface area contributed by atoms with E-state index in [4.69, 9.17) is 4.74 Å². The standard InChI is InChI=1S/C23H19FN2O7/c24-15-12-26(22(31)25-21(15)30)16-11-23(32,19(29)14-9-5-2-6-10-14)20(33-16)18(28)17(27)13-7-3-1-4-8-13/h1-10,12,16,18,20,28,32H,11H2,(H,25,30,31)/t16-,18?,20-,23-/m1/s1. The lowest BCUT2D eigenvalue weighted by Gasteiger charge is -2.29. The van der Waals surface area contributed by atoms with E-state index in [9.17, 15) is 33.8 Å². The normalized spacial score (nSPS) is 23.2. The fourth-order valence-electron chi connectivity index (χ4n) is 3.86. The summed E-state index contributed by atoms with van der Waals surface area (Å²) in [7, 11) is 0. The molecule has 1 saturated heterocycles. The van der Waals surface area contributed by atoms with Crippen molar-refractivity contribution < 1.29 is 28.9 Å². The van der Waals surface area contributed by atoms with Gasteiger partial charge in [-0.15, -0.1) is 0 Å². The Balaban J connectivity index is 1.77. The number of H-pyrrole nitrogens is 1. The van der Waals surface area contributed by atoms with E-state index in [1.807, 2.05) is 0 Å². The third kappa shape index (κ3) is 4.07. The number of nitrogens with zero attached hydrogens (tertiary/aromatic N) is 1. The zero-order valence-electron chi connectivity index (χ0n) is 17.1. The average Bonchev–Trinajstić information content (AvgIpc) is 3.19. The van der Waals surface area contributed by atoms with Crippen molar-refractivity contribution in [3.05, 3.63) is 105 Å². The van der Waals surface area contributed by atoms with Crippen LogP contribution in [-0.4, -0.2) is 49.1 Å². The molecule has 0 amide bonds. The minimum absolute atomic E-state index is 0.0774.